The minimum atomic E-state index is -4.74. The molecule has 5 atom stereocenters. The van der Waals surface area contributed by atoms with Gasteiger partial charge < -0.3 is 29.3 Å². The Morgan fingerprint density at radius 2 is 1.95 bits per heavy atom. The van der Waals surface area contributed by atoms with Gasteiger partial charge >= 0.3 is 13.9 Å². The zero-order valence-corrected chi connectivity index (χ0v) is 20.5. The monoisotopic (exact) mass is 532 g/mol. The van der Waals surface area contributed by atoms with Gasteiger partial charge in [0.2, 0.25) is 0 Å². The second-order valence-corrected chi connectivity index (χ2v) is 9.46. The van der Waals surface area contributed by atoms with Gasteiger partial charge in [-0.2, -0.15) is 0 Å². The van der Waals surface area contributed by atoms with E-state index in [1.807, 2.05) is 36.4 Å². The molecule has 15 heteroatoms. The fraction of sp³-hybridized carbons (Fsp3) is 0.364. The number of carbonyl (C=O) groups excluding carboxylic acids is 1. The second-order valence-electron chi connectivity index (χ2n) is 8.22. The number of carbonyl (C=O) groups is 1. The molecule has 2 fully saturated rings. The molecule has 2 amide bonds. The van der Waals surface area contributed by atoms with E-state index in [9.17, 15) is 19.1 Å². The molecule has 4 heterocycles. The van der Waals surface area contributed by atoms with Crippen LogP contribution in [0.3, 0.4) is 0 Å². The third kappa shape index (κ3) is 5.70. The summed E-state index contributed by atoms with van der Waals surface area (Å²) in [5.41, 5.74) is 1.63. The van der Waals surface area contributed by atoms with Gasteiger partial charge in [-0.3, -0.25) is 14.4 Å². The Morgan fingerprint density at radius 3 is 2.70 bits per heavy atom. The largest absolute Gasteiger partial charge is 0.469 e. The van der Waals surface area contributed by atoms with Crippen molar-refractivity contribution in [2.24, 2.45) is 0 Å². The molecule has 2 saturated heterocycles. The lowest BCUT2D eigenvalue weighted by Gasteiger charge is -2.20. The SMILES string of the molecule is CCNC(=O)Nc1ncnc2c1ncn2C1O[C@H](COP(=O)(O)O)C2OC(/C=C/c3ccccc3)OC21. The number of imidazole rings is 1. The Labute approximate surface area is 210 Å². The predicted octanol–water partition coefficient (Wildman–Crippen LogP) is 1.80. The van der Waals surface area contributed by atoms with Crippen LogP contribution in [0.2, 0.25) is 0 Å². The van der Waals surface area contributed by atoms with E-state index in [1.165, 1.54) is 12.7 Å². The Hall–Kier alpha value is -3.23. The van der Waals surface area contributed by atoms with Crippen molar-refractivity contribution in [2.45, 2.75) is 37.8 Å². The first kappa shape index (κ1) is 25.4. The van der Waals surface area contributed by atoms with Gasteiger partial charge in [0, 0.05) is 6.54 Å². The molecule has 5 rings (SSSR count). The molecule has 0 bridgehead atoms. The minimum absolute atomic E-state index is 0.206. The zero-order valence-electron chi connectivity index (χ0n) is 19.6. The number of urea groups is 1. The number of hydrogen-bond donors (Lipinski definition) is 4. The number of benzene rings is 1. The van der Waals surface area contributed by atoms with Crippen molar-refractivity contribution in [2.75, 3.05) is 18.5 Å². The number of nitrogens with zero attached hydrogens (tertiary/aromatic N) is 4. The van der Waals surface area contributed by atoms with E-state index in [0.717, 1.165) is 5.56 Å². The van der Waals surface area contributed by atoms with Crippen LogP contribution in [0, 0.1) is 0 Å². The summed E-state index contributed by atoms with van der Waals surface area (Å²) in [6.07, 6.45) is 2.55. The molecule has 1 aromatic carbocycles. The summed E-state index contributed by atoms with van der Waals surface area (Å²) in [7, 11) is -4.74. The van der Waals surface area contributed by atoms with Crippen molar-refractivity contribution in [3.8, 4) is 0 Å². The summed E-state index contributed by atoms with van der Waals surface area (Å²) in [6, 6.07) is 9.14. The van der Waals surface area contributed by atoms with Gasteiger partial charge in [0.1, 0.15) is 24.6 Å². The van der Waals surface area contributed by atoms with Crippen LogP contribution < -0.4 is 10.6 Å². The van der Waals surface area contributed by atoms with Gasteiger partial charge in [-0.1, -0.05) is 36.4 Å². The van der Waals surface area contributed by atoms with Crippen molar-refractivity contribution in [1.82, 2.24) is 24.8 Å². The minimum Gasteiger partial charge on any atom is -0.347 e. The molecule has 0 spiro atoms. The standard InChI is InChI=1S/C22H25N6O8P/c1-2-23-22(29)27-19-16-20(25-11-24-19)28(12-26-16)21-18-17(14(34-21)10-33-37(30,31)32)35-15(36-18)9-8-13-6-4-3-5-7-13/h3-9,11-12,14-15,17-18,21H,2,10H2,1H3,(H2,30,31,32)(H2,23,24,25,27,29)/b9-8+/t14-,15?,17?,18?,21?/m1/s1. The normalized spacial score (nSPS) is 25.5. The number of phosphoric ester groups is 1. The Kier molecular flexibility index (Phi) is 7.31. The summed E-state index contributed by atoms with van der Waals surface area (Å²) in [6.45, 7) is 1.80. The molecule has 2 aromatic heterocycles. The van der Waals surface area contributed by atoms with E-state index in [2.05, 4.69) is 25.6 Å². The van der Waals surface area contributed by atoms with Gasteiger partial charge in [0.25, 0.3) is 0 Å². The van der Waals surface area contributed by atoms with Crippen LogP contribution in [0.5, 0.6) is 0 Å². The highest BCUT2D eigenvalue weighted by molar-refractivity contribution is 7.46. The third-order valence-corrected chi connectivity index (χ3v) is 6.21. The van der Waals surface area contributed by atoms with Gasteiger partial charge in [-0.15, -0.1) is 0 Å². The van der Waals surface area contributed by atoms with E-state index in [-0.39, 0.29) is 5.82 Å². The van der Waals surface area contributed by atoms with Crippen LogP contribution in [0.25, 0.3) is 17.2 Å². The quantitative estimate of drug-likeness (QED) is 0.311. The number of rotatable bonds is 8. The number of fused-ring (bicyclic) bond motifs is 2. The predicted molar refractivity (Wildman–Crippen MR) is 129 cm³/mol. The van der Waals surface area contributed by atoms with Crippen LogP contribution in [-0.2, 0) is 23.3 Å². The highest BCUT2D eigenvalue weighted by Crippen LogP contribution is 2.43. The topological polar surface area (TPSA) is 179 Å². The van der Waals surface area contributed by atoms with Crippen molar-refractivity contribution in [3.05, 3.63) is 54.6 Å². The molecule has 4 N–H and O–H groups in total. The van der Waals surface area contributed by atoms with Crippen molar-refractivity contribution in [3.63, 3.8) is 0 Å². The Bertz CT molecular complexity index is 1330. The van der Waals surface area contributed by atoms with Crippen LogP contribution in [0.15, 0.2) is 49.1 Å². The lowest BCUT2D eigenvalue weighted by Crippen LogP contribution is -2.31. The molecule has 2 aliphatic heterocycles. The molecule has 0 aliphatic carbocycles. The average molecular weight is 532 g/mol. The Morgan fingerprint density at radius 1 is 1.16 bits per heavy atom. The third-order valence-electron chi connectivity index (χ3n) is 5.72. The van der Waals surface area contributed by atoms with Crippen LogP contribution in [-0.4, -0.2) is 73.1 Å². The van der Waals surface area contributed by atoms with Crippen LogP contribution in [0.1, 0.15) is 18.7 Å². The van der Waals surface area contributed by atoms with Crippen LogP contribution >= 0.6 is 7.82 Å². The molecule has 14 nitrogen and oxygen atoms in total. The summed E-state index contributed by atoms with van der Waals surface area (Å²) in [5, 5.41) is 5.25. The van der Waals surface area contributed by atoms with Crippen molar-refractivity contribution < 1.29 is 37.9 Å². The van der Waals surface area contributed by atoms with E-state index < -0.39 is 51.3 Å². The lowest BCUT2D eigenvalue weighted by molar-refractivity contribution is -0.132. The van der Waals surface area contributed by atoms with Gasteiger partial charge in [-0.05, 0) is 18.6 Å². The van der Waals surface area contributed by atoms with E-state index in [0.29, 0.717) is 17.7 Å². The van der Waals surface area contributed by atoms with Crippen LogP contribution in [0.4, 0.5) is 10.6 Å². The molecular formula is C22H25N6O8P. The second kappa shape index (κ2) is 10.6. The highest BCUT2D eigenvalue weighted by atomic mass is 31.2. The maximum atomic E-state index is 12.0. The smallest absolute Gasteiger partial charge is 0.347 e. The lowest BCUT2D eigenvalue weighted by atomic mass is 10.1. The fourth-order valence-corrected chi connectivity index (χ4v) is 4.52. The number of aromatic nitrogens is 4. The molecule has 37 heavy (non-hydrogen) atoms. The highest BCUT2D eigenvalue weighted by Gasteiger charge is 2.53. The summed E-state index contributed by atoms with van der Waals surface area (Å²) in [5.74, 6) is 0.206. The van der Waals surface area contributed by atoms with Crippen molar-refractivity contribution in [1.29, 1.82) is 0 Å². The first-order valence-corrected chi connectivity index (χ1v) is 13.0. The molecule has 4 unspecified atom stereocenters. The summed E-state index contributed by atoms with van der Waals surface area (Å²) in [4.78, 5) is 43.1. The number of phosphoric acid groups is 1. The number of hydrogen-bond acceptors (Lipinski definition) is 9. The Balaban J connectivity index is 1.41. The fourth-order valence-electron chi connectivity index (χ4n) is 4.17. The molecule has 2 aliphatic rings. The summed E-state index contributed by atoms with van der Waals surface area (Å²) < 4.78 is 35.9. The van der Waals surface area contributed by atoms with E-state index >= 15 is 0 Å². The molecule has 0 saturated carbocycles. The van der Waals surface area contributed by atoms with Gasteiger partial charge in [-0.25, -0.2) is 24.3 Å². The maximum Gasteiger partial charge on any atom is 0.469 e. The maximum absolute atomic E-state index is 12.0. The summed E-state index contributed by atoms with van der Waals surface area (Å²) >= 11 is 0. The zero-order chi connectivity index (χ0) is 26.0. The van der Waals surface area contributed by atoms with Gasteiger partial charge in [0.15, 0.2) is 29.5 Å². The number of amides is 2. The molecule has 3 aromatic rings. The number of nitrogens with one attached hydrogen (secondary N) is 2. The van der Waals surface area contributed by atoms with E-state index in [4.69, 9.17) is 18.7 Å². The van der Waals surface area contributed by atoms with Gasteiger partial charge in [0.05, 0.1) is 12.9 Å². The molecule has 0 radical (unpaired) electrons. The first-order valence-electron chi connectivity index (χ1n) is 11.4. The van der Waals surface area contributed by atoms with E-state index in [1.54, 1.807) is 17.6 Å². The average Bonchev–Trinajstić information content (AvgIpc) is 3.56. The molecule has 196 valence electrons. The number of anilines is 1. The number of ether oxygens (including phenoxy) is 3. The van der Waals surface area contributed by atoms with Crippen molar-refractivity contribution >= 4 is 36.9 Å². The first-order chi connectivity index (χ1) is 17.8. The molecular weight excluding hydrogens is 507 g/mol.